The van der Waals surface area contributed by atoms with Gasteiger partial charge in [-0.25, -0.2) is 4.79 Å². The van der Waals surface area contributed by atoms with Crippen molar-refractivity contribution in [3.63, 3.8) is 0 Å². The molecule has 1 aromatic rings. The molecule has 2 saturated heterocycles. The van der Waals surface area contributed by atoms with Crippen molar-refractivity contribution in [2.45, 2.75) is 56.7 Å². The van der Waals surface area contributed by atoms with E-state index in [1.165, 1.54) is 4.90 Å². The van der Waals surface area contributed by atoms with Crippen LogP contribution in [0.3, 0.4) is 0 Å². The second-order valence-electron chi connectivity index (χ2n) is 8.68. The topological polar surface area (TPSA) is 132 Å². The van der Waals surface area contributed by atoms with Crippen LogP contribution in [-0.4, -0.2) is 78.6 Å². The van der Waals surface area contributed by atoms with Crippen LogP contribution >= 0.6 is 11.8 Å². The zero-order valence-corrected chi connectivity index (χ0v) is 18.7. The lowest BCUT2D eigenvalue weighted by molar-refractivity contribution is -0.756. The highest BCUT2D eigenvalue weighted by molar-refractivity contribution is 8.03. The van der Waals surface area contributed by atoms with Gasteiger partial charge in [-0.2, -0.15) is 0 Å². The zero-order valence-electron chi connectivity index (χ0n) is 17.9. The SMILES string of the molecule is C[C@@H](O)[C@H]1C(=O)N2C(C(=O)O)=C(S[C@@H]3CN[C@H](Cc4c[n+](CCO)nn4C)C3)[C@H](C)[C@H]12. The molecule has 0 saturated carbocycles. The Morgan fingerprint density at radius 1 is 1.48 bits per heavy atom. The fourth-order valence-electron chi connectivity index (χ4n) is 5.05. The number of carbonyl (C=O) groups excluding carboxylic acids is 1. The van der Waals surface area contributed by atoms with Gasteiger partial charge in [0, 0.05) is 35.1 Å². The van der Waals surface area contributed by atoms with Crippen LogP contribution in [0.15, 0.2) is 16.8 Å². The molecule has 0 bridgehead atoms. The van der Waals surface area contributed by atoms with Crippen molar-refractivity contribution in [1.29, 1.82) is 0 Å². The molecule has 4 heterocycles. The first-order valence-electron chi connectivity index (χ1n) is 10.6. The van der Waals surface area contributed by atoms with Crippen LogP contribution in [0, 0.1) is 11.8 Å². The zero-order chi connectivity index (χ0) is 22.4. The van der Waals surface area contributed by atoms with Crippen LogP contribution in [0.25, 0.3) is 0 Å². The Labute approximate surface area is 184 Å². The molecule has 0 unspecified atom stereocenters. The molecule has 6 atom stereocenters. The molecular formula is C20H30N5O5S+. The standard InChI is InChI=1S/C20H29N5O5S/c1-10-16-15(11(2)27)19(28)25(16)17(20(29)30)18(10)31-14-7-12(21-8-14)6-13-9-24(4-5-26)22-23(13)3/h9-12,14-16,21,26-27H,4-8H2,1-3H3/p+1/t10-,11-,12-,14+,15-,16-/m1/s1. The third-order valence-corrected chi connectivity index (χ3v) is 8.05. The van der Waals surface area contributed by atoms with Gasteiger partial charge in [0.1, 0.15) is 19.3 Å². The second-order valence-corrected chi connectivity index (χ2v) is 10.0. The monoisotopic (exact) mass is 452 g/mol. The highest BCUT2D eigenvalue weighted by Gasteiger charge is 2.60. The predicted octanol–water partition coefficient (Wildman–Crippen LogP) is -1.14. The maximum atomic E-state index is 12.5. The highest BCUT2D eigenvalue weighted by Crippen LogP contribution is 2.51. The van der Waals surface area contributed by atoms with Crippen LogP contribution in [0.1, 0.15) is 26.0 Å². The first kappa shape index (κ1) is 22.3. The number of amides is 1. The molecule has 3 aliphatic heterocycles. The Hall–Kier alpha value is -1.95. The van der Waals surface area contributed by atoms with Crippen molar-refractivity contribution in [1.82, 2.24) is 20.1 Å². The second kappa shape index (κ2) is 8.53. The van der Waals surface area contributed by atoms with Crippen molar-refractivity contribution in [3.05, 3.63) is 22.5 Å². The third-order valence-electron chi connectivity index (χ3n) is 6.53. The van der Waals surface area contributed by atoms with Crippen molar-refractivity contribution >= 4 is 23.6 Å². The van der Waals surface area contributed by atoms with E-state index in [1.54, 1.807) is 23.4 Å². The van der Waals surface area contributed by atoms with Gasteiger partial charge in [0.05, 0.1) is 29.9 Å². The fourth-order valence-corrected chi connectivity index (χ4v) is 6.56. The molecule has 4 N–H and O–H groups in total. The summed E-state index contributed by atoms with van der Waals surface area (Å²) in [6.07, 6.45) is 2.81. The maximum absolute atomic E-state index is 12.5. The Morgan fingerprint density at radius 2 is 2.23 bits per heavy atom. The number of rotatable bonds is 8. The number of hydrogen-bond donors (Lipinski definition) is 4. The number of aryl methyl sites for hydroxylation is 1. The van der Waals surface area contributed by atoms with Crippen molar-refractivity contribution in [2.24, 2.45) is 18.9 Å². The minimum atomic E-state index is -1.08. The van der Waals surface area contributed by atoms with Gasteiger partial charge in [0.25, 0.3) is 0 Å². The number of nitrogens with one attached hydrogen (secondary N) is 1. The molecule has 0 aromatic carbocycles. The van der Waals surface area contributed by atoms with E-state index in [4.69, 9.17) is 5.11 Å². The summed E-state index contributed by atoms with van der Waals surface area (Å²) in [5.74, 6) is -2.02. The number of aliphatic hydroxyl groups excluding tert-OH is 2. The van der Waals surface area contributed by atoms with Gasteiger partial charge in [-0.15, -0.1) is 21.1 Å². The Kier molecular flexibility index (Phi) is 6.12. The molecule has 11 heteroatoms. The number of carbonyl (C=O) groups is 2. The van der Waals surface area contributed by atoms with E-state index in [0.717, 1.165) is 30.0 Å². The molecule has 0 spiro atoms. The smallest absolute Gasteiger partial charge is 0.353 e. The molecule has 31 heavy (non-hydrogen) atoms. The molecule has 10 nitrogen and oxygen atoms in total. The van der Waals surface area contributed by atoms with E-state index in [-0.39, 0.29) is 41.5 Å². The van der Waals surface area contributed by atoms with Gasteiger partial charge < -0.3 is 25.5 Å². The number of aromatic nitrogens is 3. The van der Waals surface area contributed by atoms with Crippen molar-refractivity contribution < 1.29 is 29.6 Å². The molecule has 4 rings (SSSR count). The minimum Gasteiger partial charge on any atom is -0.477 e. The lowest BCUT2D eigenvalue weighted by Gasteiger charge is -2.46. The summed E-state index contributed by atoms with van der Waals surface area (Å²) in [5, 5.41) is 36.9. The molecule has 1 aromatic heterocycles. The minimum absolute atomic E-state index is 0.0388. The van der Waals surface area contributed by atoms with Crippen LogP contribution in [0.4, 0.5) is 0 Å². The van der Waals surface area contributed by atoms with Gasteiger partial charge in [0.2, 0.25) is 5.91 Å². The van der Waals surface area contributed by atoms with Gasteiger partial charge in [-0.05, 0) is 13.3 Å². The Bertz CT molecular complexity index is 916. The molecule has 3 aliphatic rings. The van der Waals surface area contributed by atoms with Crippen LogP contribution in [-0.2, 0) is 29.6 Å². The predicted molar refractivity (Wildman–Crippen MR) is 112 cm³/mol. The lowest BCUT2D eigenvalue weighted by Crippen LogP contribution is -2.63. The largest absolute Gasteiger partial charge is 0.477 e. The molecule has 0 radical (unpaired) electrons. The summed E-state index contributed by atoms with van der Waals surface area (Å²) in [6.45, 7) is 4.79. The van der Waals surface area contributed by atoms with E-state index in [9.17, 15) is 19.8 Å². The summed E-state index contributed by atoms with van der Waals surface area (Å²) >= 11 is 1.55. The highest BCUT2D eigenvalue weighted by atomic mass is 32.2. The number of fused-ring (bicyclic) bond motifs is 1. The summed E-state index contributed by atoms with van der Waals surface area (Å²) in [4.78, 5) is 26.6. The molecule has 2 fully saturated rings. The number of aliphatic hydroxyl groups is 2. The summed E-state index contributed by atoms with van der Waals surface area (Å²) in [6, 6.07) is -0.0346. The average molecular weight is 453 g/mol. The number of carboxylic acid groups (broad SMARTS) is 1. The number of hydrogen-bond acceptors (Lipinski definition) is 7. The molecule has 170 valence electrons. The normalized spacial score (nSPS) is 31.2. The number of carboxylic acids is 1. The molecule has 1 amide bonds. The van der Waals surface area contributed by atoms with Crippen LogP contribution < -0.4 is 10.00 Å². The summed E-state index contributed by atoms with van der Waals surface area (Å²) < 4.78 is 3.54. The maximum Gasteiger partial charge on any atom is 0.353 e. The van der Waals surface area contributed by atoms with Crippen molar-refractivity contribution in [3.8, 4) is 0 Å². The van der Waals surface area contributed by atoms with Crippen LogP contribution in [0.2, 0.25) is 0 Å². The van der Waals surface area contributed by atoms with Gasteiger partial charge in [0.15, 0.2) is 11.9 Å². The van der Waals surface area contributed by atoms with Gasteiger partial charge in [-0.3, -0.25) is 4.79 Å². The average Bonchev–Trinajstić information content (AvgIpc) is 3.33. The van der Waals surface area contributed by atoms with E-state index >= 15 is 0 Å². The quantitative estimate of drug-likeness (QED) is 0.288. The number of nitrogens with zero attached hydrogens (tertiary/aromatic N) is 4. The lowest BCUT2D eigenvalue weighted by atomic mass is 9.79. The van der Waals surface area contributed by atoms with Crippen molar-refractivity contribution in [2.75, 3.05) is 13.2 Å². The fraction of sp³-hybridized carbons (Fsp3) is 0.700. The van der Waals surface area contributed by atoms with Gasteiger partial charge in [-0.1, -0.05) is 6.92 Å². The summed E-state index contributed by atoms with van der Waals surface area (Å²) in [5.41, 5.74) is 1.15. The van der Waals surface area contributed by atoms with E-state index in [0.29, 0.717) is 6.54 Å². The Morgan fingerprint density at radius 3 is 2.87 bits per heavy atom. The van der Waals surface area contributed by atoms with E-state index < -0.39 is 18.0 Å². The summed E-state index contributed by atoms with van der Waals surface area (Å²) in [7, 11) is 1.88. The number of aliphatic carboxylic acids is 1. The van der Waals surface area contributed by atoms with E-state index in [2.05, 4.69) is 10.5 Å². The first-order chi connectivity index (χ1) is 14.7. The van der Waals surface area contributed by atoms with Crippen LogP contribution in [0.5, 0.6) is 0 Å². The molecular weight excluding hydrogens is 422 g/mol. The molecule has 0 aliphatic carbocycles. The number of β-lactam (4-membered cyclic amide) rings is 1. The van der Waals surface area contributed by atoms with Gasteiger partial charge >= 0.3 is 5.97 Å². The number of thioether (sulfide) groups is 1. The first-order valence-corrected chi connectivity index (χ1v) is 11.5. The van der Waals surface area contributed by atoms with E-state index in [1.807, 2.05) is 24.9 Å². The Balaban J connectivity index is 1.44. The third kappa shape index (κ3) is 3.88.